The standard InChI is InChI=1S/C11H21NO/c1-4-6-9-7-8-12(3)11(13)10(9)5-2/h9-10H,4-8H2,1-3H3. The molecule has 2 nitrogen and oxygen atoms in total. The molecule has 0 radical (unpaired) electrons. The molecule has 0 aromatic rings. The van der Waals surface area contributed by atoms with E-state index >= 15 is 0 Å². The van der Waals surface area contributed by atoms with Crippen molar-refractivity contribution in [2.24, 2.45) is 11.8 Å². The molecule has 0 N–H and O–H groups in total. The van der Waals surface area contributed by atoms with Crippen LogP contribution in [0.4, 0.5) is 0 Å². The second-order valence-electron chi connectivity index (χ2n) is 4.11. The molecule has 1 fully saturated rings. The first-order valence-electron chi connectivity index (χ1n) is 5.45. The molecule has 0 bridgehead atoms. The van der Waals surface area contributed by atoms with Crippen LogP contribution < -0.4 is 0 Å². The van der Waals surface area contributed by atoms with Crippen LogP contribution in [-0.4, -0.2) is 24.4 Å². The number of hydrogen-bond donors (Lipinski definition) is 0. The molecule has 1 rings (SSSR count). The summed E-state index contributed by atoms with van der Waals surface area (Å²) in [5.74, 6) is 1.32. The summed E-state index contributed by atoms with van der Waals surface area (Å²) in [5.41, 5.74) is 0. The Balaban J connectivity index is 2.60. The molecule has 2 unspecified atom stereocenters. The zero-order valence-corrected chi connectivity index (χ0v) is 9.05. The van der Waals surface area contributed by atoms with Crippen molar-refractivity contribution < 1.29 is 4.79 Å². The third-order valence-electron chi connectivity index (χ3n) is 3.20. The van der Waals surface area contributed by atoms with E-state index in [2.05, 4.69) is 13.8 Å². The van der Waals surface area contributed by atoms with Gasteiger partial charge in [0.15, 0.2) is 0 Å². The molecule has 0 saturated carbocycles. The Bertz CT molecular complexity index is 179. The van der Waals surface area contributed by atoms with E-state index in [-0.39, 0.29) is 0 Å². The minimum Gasteiger partial charge on any atom is -0.346 e. The zero-order chi connectivity index (χ0) is 9.84. The summed E-state index contributed by atoms with van der Waals surface area (Å²) in [6.45, 7) is 5.29. The molecule has 1 amide bonds. The number of amides is 1. The highest BCUT2D eigenvalue weighted by Crippen LogP contribution is 2.29. The summed E-state index contributed by atoms with van der Waals surface area (Å²) in [7, 11) is 1.92. The molecule has 2 heteroatoms. The molecule has 0 aromatic heterocycles. The Morgan fingerprint density at radius 3 is 2.69 bits per heavy atom. The lowest BCUT2D eigenvalue weighted by atomic mass is 9.80. The van der Waals surface area contributed by atoms with E-state index in [0.29, 0.717) is 17.7 Å². The Labute approximate surface area is 81.3 Å². The Kier molecular flexibility index (Phi) is 3.76. The predicted octanol–water partition coefficient (Wildman–Crippen LogP) is 2.29. The van der Waals surface area contributed by atoms with E-state index in [4.69, 9.17) is 0 Å². The van der Waals surface area contributed by atoms with Crippen molar-refractivity contribution in [1.29, 1.82) is 0 Å². The highest BCUT2D eigenvalue weighted by molar-refractivity contribution is 5.79. The molecule has 2 atom stereocenters. The summed E-state index contributed by atoms with van der Waals surface area (Å²) in [6, 6.07) is 0. The van der Waals surface area contributed by atoms with Gasteiger partial charge >= 0.3 is 0 Å². The average Bonchev–Trinajstić information content (AvgIpc) is 2.12. The van der Waals surface area contributed by atoms with Crippen molar-refractivity contribution >= 4 is 5.91 Å². The second kappa shape index (κ2) is 4.64. The molecule has 1 saturated heterocycles. The number of carbonyl (C=O) groups excluding carboxylic acids is 1. The van der Waals surface area contributed by atoms with Crippen LogP contribution in [0, 0.1) is 11.8 Å². The van der Waals surface area contributed by atoms with Gasteiger partial charge in [-0.3, -0.25) is 4.79 Å². The Morgan fingerprint density at radius 2 is 2.15 bits per heavy atom. The number of nitrogens with zero attached hydrogens (tertiary/aromatic N) is 1. The summed E-state index contributed by atoms with van der Waals surface area (Å²) in [4.78, 5) is 13.7. The minimum atomic E-state index is 0.304. The van der Waals surface area contributed by atoms with E-state index in [9.17, 15) is 4.79 Å². The van der Waals surface area contributed by atoms with Crippen LogP contribution >= 0.6 is 0 Å². The van der Waals surface area contributed by atoms with Gasteiger partial charge in [0.25, 0.3) is 0 Å². The van der Waals surface area contributed by atoms with Gasteiger partial charge in [-0.25, -0.2) is 0 Å². The second-order valence-corrected chi connectivity index (χ2v) is 4.11. The Hall–Kier alpha value is -0.530. The minimum absolute atomic E-state index is 0.304. The quantitative estimate of drug-likeness (QED) is 0.657. The van der Waals surface area contributed by atoms with Gasteiger partial charge in [-0.1, -0.05) is 20.3 Å². The predicted molar refractivity (Wildman–Crippen MR) is 54.4 cm³/mol. The fourth-order valence-electron chi connectivity index (χ4n) is 2.38. The highest BCUT2D eigenvalue weighted by Gasteiger charge is 2.32. The van der Waals surface area contributed by atoms with E-state index in [0.717, 1.165) is 13.0 Å². The SMILES string of the molecule is CCCC1CCN(C)C(=O)C1CC. The number of carbonyl (C=O) groups is 1. The van der Waals surface area contributed by atoms with Crippen LogP contribution in [0.25, 0.3) is 0 Å². The highest BCUT2D eigenvalue weighted by atomic mass is 16.2. The van der Waals surface area contributed by atoms with Crippen LogP contribution in [0.15, 0.2) is 0 Å². The molecule has 1 aliphatic heterocycles. The first-order chi connectivity index (χ1) is 6.20. The third kappa shape index (κ3) is 2.23. The summed E-state index contributed by atoms with van der Waals surface area (Å²) in [5, 5.41) is 0. The largest absolute Gasteiger partial charge is 0.346 e. The fourth-order valence-corrected chi connectivity index (χ4v) is 2.38. The van der Waals surface area contributed by atoms with E-state index in [1.165, 1.54) is 19.3 Å². The Morgan fingerprint density at radius 1 is 1.46 bits per heavy atom. The van der Waals surface area contributed by atoms with E-state index < -0.39 is 0 Å². The molecule has 0 spiro atoms. The normalized spacial score (nSPS) is 29.5. The number of rotatable bonds is 3. The van der Waals surface area contributed by atoms with Crippen molar-refractivity contribution in [3.05, 3.63) is 0 Å². The van der Waals surface area contributed by atoms with Crippen molar-refractivity contribution in [3.8, 4) is 0 Å². The van der Waals surface area contributed by atoms with E-state index in [1.807, 2.05) is 11.9 Å². The van der Waals surface area contributed by atoms with Gasteiger partial charge in [-0.15, -0.1) is 0 Å². The van der Waals surface area contributed by atoms with Crippen LogP contribution in [-0.2, 0) is 4.79 Å². The van der Waals surface area contributed by atoms with Gasteiger partial charge in [0.05, 0.1) is 0 Å². The lowest BCUT2D eigenvalue weighted by Crippen LogP contribution is -2.43. The fraction of sp³-hybridized carbons (Fsp3) is 0.909. The first kappa shape index (κ1) is 10.6. The van der Waals surface area contributed by atoms with Crippen molar-refractivity contribution in [2.75, 3.05) is 13.6 Å². The summed E-state index contributed by atoms with van der Waals surface area (Å²) >= 11 is 0. The molecule has 13 heavy (non-hydrogen) atoms. The molecular weight excluding hydrogens is 162 g/mol. The lowest BCUT2D eigenvalue weighted by molar-refractivity contribution is -0.139. The molecular formula is C11H21NO. The summed E-state index contributed by atoms with van der Waals surface area (Å²) in [6.07, 6.45) is 4.64. The third-order valence-corrected chi connectivity index (χ3v) is 3.20. The number of likely N-dealkylation sites (tertiary alicyclic amines) is 1. The molecule has 1 heterocycles. The van der Waals surface area contributed by atoms with Crippen molar-refractivity contribution in [1.82, 2.24) is 4.90 Å². The van der Waals surface area contributed by atoms with Gasteiger partial charge in [0, 0.05) is 19.5 Å². The summed E-state index contributed by atoms with van der Waals surface area (Å²) < 4.78 is 0. The van der Waals surface area contributed by atoms with Gasteiger partial charge in [0.2, 0.25) is 5.91 Å². The van der Waals surface area contributed by atoms with Gasteiger partial charge in [-0.05, 0) is 25.2 Å². The van der Waals surface area contributed by atoms with Crippen molar-refractivity contribution in [3.63, 3.8) is 0 Å². The molecule has 1 aliphatic rings. The topological polar surface area (TPSA) is 20.3 Å². The molecule has 0 aromatic carbocycles. The van der Waals surface area contributed by atoms with Crippen LogP contribution in [0.5, 0.6) is 0 Å². The zero-order valence-electron chi connectivity index (χ0n) is 9.05. The van der Waals surface area contributed by atoms with Gasteiger partial charge in [0.1, 0.15) is 0 Å². The van der Waals surface area contributed by atoms with Crippen molar-refractivity contribution in [2.45, 2.75) is 39.5 Å². The van der Waals surface area contributed by atoms with Gasteiger partial charge < -0.3 is 4.90 Å². The van der Waals surface area contributed by atoms with Gasteiger partial charge in [-0.2, -0.15) is 0 Å². The average molecular weight is 183 g/mol. The lowest BCUT2D eigenvalue weighted by Gasteiger charge is -2.35. The van der Waals surface area contributed by atoms with Crippen LogP contribution in [0.3, 0.4) is 0 Å². The molecule has 76 valence electrons. The molecule has 0 aliphatic carbocycles. The monoisotopic (exact) mass is 183 g/mol. The van der Waals surface area contributed by atoms with Crippen LogP contribution in [0.2, 0.25) is 0 Å². The smallest absolute Gasteiger partial charge is 0.225 e. The maximum Gasteiger partial charge on any atom is 0.225 e. The number of hydrogen-bond acceptors (Lipinski definition) is 1. The maximum atomic E-state index is 11.8. The van der Waals surface area contributed by atoms with E-state index in [1.54, 1.807) is 0 Å². The first-order valence-corrected chi connectivity index (χ1v) is 5.45. The number of piperidine rings is 1. The maximum absolute atomic E-state index is 11.8. The van der Waals surface area contributed by atoms with Crippen LogP contribution in [0.1, 0.15) is 39.5 Å².